The Kier molecular flexibility index (Phi) is 1.65. The van der Waals surface area contributed by atoms with Crippen LogP contribution in [0.1, 0.15) is 12.1 Å². The number of anilines is 1. The molecule has 0 saturated heterocycles. The number of allylic oxidation sites excluding steroid dienone is 1. The molecule has 5 nitrogen and oxygen atoms in total. The lowest BCUT2D eigenvalue weighted by atomic mass is 10.2. The lowest BCUT2D eigenvalue weighted by Crippen LogP contribution is -2.05. The topological polar surface area (TPSA) is 61.7 Å². The standard InChI is InChI=1S/C10H11N5/c11-9-8-3-1-2-5-15(8)13-10(9)14-6-4-12-7-14/h1,3-4,6-7H,2,5,11H2. The van der Waals surface area contributed by atoms with Crippen LogP contribution in [-0.4, -0.2) is 19.3 Å². The Labute approximate surface area is 86.8 Å². The number of fused-ring (bicyclic) bond motifs is 1. The maximum Gasteiger partial charge on any atom is 0.183 e. The van der Waals surface area contributed by atoms with Gasteiger partial charge in [-0.2, -0.15) is 5.10 Å². The summed E-state index contributed by atoms with van der Waals surface area (Å²) in [6, 6.07) is 0. The summed E-state index contributed by atoms with van der Waals surface area (Å²) >= 11 is 0. The zero-order chi connectivity index (χ0) is 10.3. The number of hydrogen-bond acceptors (Lipinski definition) is 3. The van der Waals surface area contributed by atoms with Gasteiger partial charge in [-0.25, -0.2) is 4.98 Å². The highest BCUT2D eigenvalue weighted by atomic mass is 15.3. The van der Waals surface area contributed by atoms with Crippen molar-refractivity contribution >= 4 is 11.8 Å². The second kappa shape index (κ2) is 2.98. The van der Waals surface area contributed by atoms with Crippen molar-refractivity contribution in [3.8, 4) is 5.82 Å². The number of hydrogen-bond donors (Lipinski definition) is 1. The molecule has 0 saturated carbocycles. The van der Waals surface area contributed by atoms with Crippen molar-refractivity contribution in [1.29, 1.82) is 0 Å². The molecule has 2 aromatic rings. The highest BCUT2D eigenvalue weighted by molar-refractivity contribution is 5.69. The monoisotopic (exact) mass is 201 g/mol. The van der Waals surface area contributed by atoms with Gasteiger partial charge in [0.25, 0.3) is 0 Å². The van der Waals surface area contributed by atoms with Gasteiger partial charge in [-0.1, -0.05) is 6.08 Å². The van der Waals surface area contributed by atoms with Gasteiger partial charge < -0.3 is 5.73 Å². The van der Waals surface area contributed by atoms with E-state index in [2.05, 4.69) is 16.2 Å². The van der Waals surface area contributed by atoms with Crippen molar-refractivity contribution < 1.29 is 0 Å². The minimum Gasteiger partial charge on any atom is -0.394 e. The molecule has 15 heavy (non-hydrogen) atoms. The third-order valence-electron chi connectivity index (χ3n) is 2.54. The molecular formula is C10H11N5. The van der Waals surface area contributed by atoms with Crippen molar-refractivity contribution in [3.05, 3.63) is 30.5 Å². The van der Waals surface area contributed by atoms with Crippen molar-refractivity contribution in [2.75, 3.05) is 5.73 Å². The number of imidazole rings is 1. The van der Waals surface area contributed by atoms with E-state index < -0.39 is 0 Å². The van der Waals surface area contributed by atoms with E-state index in [0.29, 0.717) is 5.69 Å². The zero-order valence-electron chi connectivity index (χ0n) is 8.17. The summed E-state index contributed by atoms with van der Waals surface area (Å²) < 4.78 is 3.76. The number of aromatic nitrogens is 4. The predicted molar refractivity (Wildman–Crippen MR) is 57.4 cm³/mol. The first-order chi connectivity index (χ1) is 7.36. The number of rotatable bonds is 1. The van der Waals surface area contributed by atoms with Crippen molar-refractivity contribution in [1.82, 2.24) is 19.3 Å². The molecule has 0 aliphatic carbocycles. The van der Waals surface area contributed by atoms with Gasteiger partial charge in [-0.05, 0) is 12.5 Å². The van der Waals surface area contributed by atoms with Crippen molar-refractivity contribution in [3.63, 3.8) is 0 Å². The largest absolute Gasteiger partial charge is 0.394 e. The molecule has 0 fully saturated rings. The van der Waals surface area contributed by atoms with E-state index in [1.807, 2.05) is 21.5 Å². The molecule has 3 heterocycles. The Balaban J connectivity index is 2.18. The van der Waals surface area contributed by atoms with E-state index in [9.17, 15) is 0 Å². The quantitative estimate of drug-likeness (QED) is 0.750. The van der Waals surface area contributed by atoms with Crippen LogP contribution in [0.4, 0.5) is 5.69 Å². The summed E-state index contributed by atoms with van der Waals surface area (Å²) in [5.74, 6) is 0.758. The molecule has 1 aliphatic heterocycles. The first-order valence-electron chi connectivity index (χ1n) is 4.87. The molecule has 0 atom stereocenters. The Morgan fingerprint density at radius 3 is 3.07 bits per heavy atom. The molecule has 2 aromatic heterocycles. The van der Waals surface area contributed by atoms with Gasteiger partial charge in [0.05, 0.1) is 5.69 Å². The fourth-order valence-corrected chi connectivity index (χ4v) is 1.79. The van der Waals surface area contributed by atoms with Crippen LogP contribution >= 0.6 is 0 Å². The van der Waals surface area contributed by atoms with Gasteiger partial charge in [0.1, 0.15) is 12.0 Å². The molecule has 0 bridgehead atoms. The highest BCUT2D eigenvalue weighted by Gasteiger charge is 2.15. The van der Waals surface area contributed by atoms with Crippen LogP contribution in [-0.2, 0) is 6.54 Å². The van der Waals surface area contributed by atoms with Gasteiger partial charge in [0, 0.05) is 18.9 Å². The molecule has 2 N–H and O–H groups in total. The molecule has 0 radical (unpaired) electrons. The van der Waals surface area contributed by atoms with Gasteiger partial charge >= 0.3 is 0 Å². The Bertz CT molecular complexity index is 506. The molecule has 5 heteroatoms. The van der Waals surface area contributed by atoms with Crippen LogP contribution in [0.15, 0.2) is 24.8 Å². The molecular weight excluding hydrogens is 190 g/mol. The van der Waals surface area contributed by atoms with Crippen molar-refractivity contribution in [2.45, 2.75) is 13.0 Å². The van der Waals surface area contributed by atoms with Crippen LogP contribution in [0.2, 0.25) is 0 Å². The van der Waals surface area contributed by atoms with Crippen LogP contribution in [0, 0.1) is 0 Å². The number of nitrogens with zero attached hydrogens (tertiary/aromatic N) is 4. The average molecular weight is 201 g/mol. The van der Waals surface area contributed by atoms with Crippen LogP contribution in [0.5, 0.6) is 0 Å². The van der Waals surface area contributed by atoms with E-state index in [4.69, 9.17) is 5.73 Å². The van der Waals surface area contributed by atoms with E-state index in [1.54, 1.807) is 12.5 Å². The van der Waals surface area contributed by atoms with Crippen LogP contribution in [0.25, 0.3) is 11.9 Å². The Morgan fingerprint density at radius 2 is 2.33 bits per heavy atom. The van der Waals surface area contributed by atoms with Gasteiger partial charge in [-0.3, -0.25) is 9.25 Å². The maximum atomic E-state index is 6.03. The van der Waals surface area contributed by atoms with E-state index in [1.165, 1.54) is 0 Å². The third kappa shape index (κ3) is 1.16. The first-order valence-corrected chi connectivity index (χ1v) is 4.87. The summed E-state index contributed by atoms with van der Waals surface area (Å²) in [5.41, 5.74) is 7.73. The fourth-order valence-electron chi connectivity index (χ4n) is 1.79. The van der Waals surface area contributed by atoms with Gasteiger partial charge in [0.15, 0.2) is 5.82 Å². The van der Waals surface area contributed by atoms with Crippen LogP contribution in [0.3, 0.4) is 0 Å². The molecule has 3 rings (SSSR count). The summed E-state index contributed by atoms with van der Waals surface area (Å²) in [6.45, 7) is 0.894. The van der Waals surface area contributed by atoms with Crippen LogP contribution < -0.4 is 5.73 Å². The number of nitrogens with two attached hydrogens (primary N) is 1. The normalized spacial score (nSPS) is 14.1. The Morgan fingerprint density at radius 1 is 1.40 bits per heavy atom. The lowest BCUT2D eigenvalue weighted by Gasteiger charge is -2.06. The SMILES string of the molecule is Nc1c(-n2ccnc2)nn2c1C=CCC2. The molecule has 0 aromatic carbocycles. The second-order valence-corrected chi connectivity index (χ2v) is 3.51. The third-order valence-corrected chi connectivity index (χ3v) is 2.54. The number of aryl methyl sites for hydroxylation is 1. The van der Waals surface area contributed by atoms with Crippen molar-refractivity contribution in [2.24, 2.45) is 0 Å². The van der Waals surface area contributed by atoms with Gasteiger partial charge in [0.2, 0.25) is 0 Å². The summed E-state index contributed by atoms with van der Waals surface area (Å²) in [7, 11) is 0. The summed E-state index contributed by atoms with van der Waals surface area (Å²) in [6.07, 6.45) is 10.4. The Hall–Kier alpha value is -2.04. The highest BCUT2D eigenvalue weighted by Crippen LogP contribution is 2.24. The molecule has 0 unspecified atom stereocenters. The molecule has 76 valence electrons. The zero-order valence-corrected chi connectivity index (χ0v) is 8.17. The maximum absolute atomic E-state index is 6.03. The molecule has 0 spiro atoms. The van der Waals surface area contributed by atoms with E-state index >= 15 is 0 Å². The average Bonchev–Trinajstić information content (AvgIpc) is 2.87. The second-order valence-electron chi connectivity index (χ2n) is 3.51. The minimum absolute atomic E-state index is 0.712. The summed E-state index contributed by atoms with van der Waals surface area (Å²) in [4.78, 5) is 3.99. The summed E-state index contributed by atoms with van der Waals surface area (Å²) in [5, 5.41) is 4.46. The molecule has 0 amide bonds. The predicted octanol–water partition coefficient (Wildman–Crippen LogP) is 1.07. The minimum atomic E-state index is 0.712. The van der Waals surface area contributed by atoms with E-state index in [0.717, 1.165) is 24.5 Å². The molecule has 1 aliphatic rings. The van der Waals surface area contributed by atoms with E-state index in [-0.39, 0.29) is 0 Å². The smallest absolute Gasteiger partial charge is 0.183 e. The fraction of sp³-hybridized carbons (Fsp3) is 0.200. The number of nitrogen functional groups attached to an aromatic ring is 1. The van der Waals surface area contributed by atoms with Gasteiger partial charge in [-0.15, -0.1) is 0 Å². The first kappa shape index (κ1) is 8.28. The lowest BCUT2D eigenvalue weighted by molar-refractivity contribution is 0.605.